The van der Waals surface area contributed by atoms with Crippen LogP contribution in [0.25, 0.3) is 0 Å². The summed E-state index contributed by atoms with van der Waals surface area (Å²) in [4.78, 5) is 37.8. The number of benzene rings is 1. The van der Waals surface area contributed by atoms with Crippen LogP contribution in [0.2, 0.25) is 0 Å². The number of rotatable bonds is 5. The molecule has 2 aromatic rings. The number of nitro benzene ring substituents is 1. The van der Waals surface area contributed by atoms with E-state index in [4.69, 9.17) is 5.26 Å². The molecule has 0 aliphatic heterocycles. The zero-order valence-electron chi connectivity index (χ0n) is 15.1. The molecule has 0 spiro atoms. The summed E-state index contributed by atoms with van der Waals surface area (Å²) in [5.41, 5.74) is 1.83. The number of carbonyl (C=O) groups is 2. The zero-order valence-corrected chi connectivity index (χ0v) is 15.9. The molecule has 9 nitrogen and oxygen atoms in total. The van der Waals surface area contributed by atoms with Crippen molar-refractivity contribution in [2.75, 3.05) is 5.75 Å². The second kappa shape index (κ2) is 9.23. The predicted molar refractivity (Wildman–Crippen MR) is 98.1 cm³/mol. The van der Waals surface area contributed by atoms with Gasteiger partial charge in [0.25, 0.3) is 11.6 Å². The molecule has 0 saturated carbocycles. The molecule has 0 bridgehead atoms. The van der Waals surface area contributed by atoms with Gasteiger partial charge in [-0.15, -0.1) is 0 Å². The number of hydrazine groups is 1. The van der Waals surface area contributed by atoms with Gasteiger partial charge in [0.15, 0.2) is 0 Å². The molecule has 0 atom stereocenters. The number of amides is 2. The molecular weight excluding hydrogens is 427 g/mol. The number of nitrogens with one attached hydrogen (secondary N) is 2. The Morgan fingerprint density at radius 3 is 2.60 bits per heavy atom. The number of non-ortho nitro benzene ring substituents is 1. The first-order valence-corrected chi connectivity index (χ1v) is 8.97. The van der Waals surface area contributed by atoms with Crippen molar-refractivity contribution in [1.29, 1.82) is 5.26 Å². The molecule has 2 rings (SSSR count). The summed E-state index contributed by atoms with van der Waals surface area (Å²) in [7, 11) is 0. The Morgan fingerprint density at radius 2 is 2.00 bits per heavy atom. The first kappa shape index (κ1) is 22.6. The van der Waals surface area contributed by atoms with Crippen molar-refractivity contribution in [1.82, 2.24) is 15.8 Å². The zero-order chi connectivity index (χ0) is 22.5. The molecule has 2 N–H and O–H groups in total. The molecule has 0 saturated heterocycles. The normalized spacial score (nSPS) is 10.8. The number of hydrogen-bond donors (Lipinski definition) is 2. The summed E-state index contributed by atoms with van der Waals surface area (Å²) in [5.74, 6) is -2.07. The van der Waals surface area contributed by atoms with Gasteiger partial charge in [0.05, 0.1) is 21.8 Å². The number of halogens is 3. The van der Waals surface area contributed by atoms with Crippen LogP contribution in [0.1, 0.15) is 27.2 Å². The van der Waals surface area contributed by atoms with Crippen molar-refractivity contribution in [2.45, 2.75) is 18.1 Å². The fraction of sp³-hybridized carbons (Fsp3) is 0.176. The number of pyridine rings is 1. The monoisotopic (exact) mass is 439 g/mol. The van der Waals surface area contributed by atoms with Crippen LogP contribution in [-0.2, 0) is 11.0 Å². The van der Waals surface area contributed by atoms with E-state index in [0.29, 0.717) is 11.8 Å². The highest BCUT2D eigenvalue weighted by atomic mass is 32.2. The van der Waals surface area contributed by atoms with Gasteiger partial charge in [0, 0.05) is 23.4 Å². The van der Waals surface area contributed by atoms with Gasteiger partial charge in [-0.2, -0.15) is 18.4 Å². The molecule has 0 fully saturated rings. The van der Waals surface area contributed by atoms with Gasteiger partial charge in [0.1, 0.15) is 11.1 Å². The number of nitriles is 1. The summed E-state index contributed by atoms with van der Waals surface area (Å²) in [6, 6.07) is 6.95. The molecular formula is C17H12F3N5O4S. The van der Waals surface area contributed by atoms with Gasteiger partial charge in [-0.25, -0.2) is 4.98 Å². The largest absolute Gasteiger partial charge is 0.417 e. The quantitative estimate of drug-likeness (QED) is 0.415. The number of aryl methyl sites for hydroxylation is 1. The average Bonchev–Trinajstić information content (AvgIpc) is 2.69. The number of alkyl halides is 3. The highest BCUT2D eigenvalue weighted by Gasteiger charge is 2.35. The molecule has 13 heteroatoms. The Hall–Kier alpha value is -3.66. The molecule has 156 valence electrons. The molecule has 0 unspecified atom stereocenters. The number of carbonyl (C=O) groups excluding carboxylic acids is 2. The van der Waals surface area contributed by atoms with Gasteiger partial charge in [-0.05, 0) is 19.1 Å². The first-order chi connectivity index (χ1) is 14.0. The third-order valence-electron chi connectivity index (χ3n) is 3.51. The van der Waals surface area contributed by atoms with Gasteiger partial charge in [0.2, 0.25) is 5.91 Å². The number of nitro groups is 1. The van der Waals surface area contributed by atoms with E-state index >= 15 is 0 Å². The Kier molecular flexibility index (Phi) is 6.96. The number of nitrogens with zero attached hydrogens (tertiary/aromatic N) is 3. The van der Waals surface area contributed by atoms with Crippen molar-refractivity contribution in [3.05, 3.63) is 62.8 Å². The molecule has 2 amide bonds. The average molecular weight is 439 g/mol. The van der Waals surface area contributed by atoms with Gasteiger partial charge in [-0.1, -0.05) is 17.8 Å². The number of hydrogen-bond acceptors (Lipinski definition) is 7. The van der Waals surface area contributed by atoms with Crippen molar-refractivity contribution >= 4 is 29.3 Å². The minimum absolute atomic E-state index is 0.0169. The second-order valence-electron chi connectivity index (χ2n) is 5.70. The Balaban J connectivity index is 2.03. The third-order valence-corrected chi connectivity index (χ3v) is 4.48. The van der Waals surface area contributed by atoms with Crippen molar-refractivity contribution in [2.24, 2.45) is 0 Å². The lowest BCUT2D eigenvalue weighted by Gasteiger charge is -2.13. The van der Waals surface area contributed by atoms with Crippen LogP contribution in [0.3, 0.4) is 0 Å². The van der Waals surface area contributed by atoms with E-state index in [1.165, 1.54) is 31.2 Å². The summed E-state index contributed by atoms with van der Waals surface area (Å²) in [6.07, 6.45) is -4.76. The molecule has 1 aromatic heterocycles. The van der Waals surface area contributed by atoms with E-state index in [0.717, 1.165) is 12.1 Å². The molecule has 0 aliphatic carbocycles. The van der Waals surface area contributed by atoms with Crippen molar-refractivity contribution in [3.63, 3.8) is 0 Å². The van der Waals surface area contributed by atoms with E-state index < -0.39 is 39.8 Å². The Morgan fingerprint density at radius 1 is 1.30 bits per heavy atom. The van der Waals surface area contributed by atoms with Crippen LogP contribution in [-0.4, -0.2) is 27.5 Å². The van der Waals surface area contributed by atoms with Crippen LogP contribution in [0.4, 0.5) is 18.9 Å². The molecule has 1 aromatic carbocycles. The van der Waals surface area contributed by atoms with Gasteiger partial charge < -0.3 is 0 Å². The first-order valence-electron chi connectivity index (χ1n) is 7.98. The van der Waals surface area contributed by atoms with E-state index in [-0.39, 0.29) is 22.0 Å². The van der Waals surface area contributed by atoms with E-state index in [1.807, 2.05) is 10.9 Å². The summed E-state index contributed by atoms with van der Waals surface area (Å²) in [6.45, 7) is 1.32. The van der Waals surface area contributed by atoms with Gasteiger partial charge in [-0.3, -0.25) is 30.6 Å². The van der Waals surface area contributed by atoms with Gasteiger partial charge >= 0.3 is 6.18 Å². The standard InChI is InChI=1S/C17H12F3N5O4S/c1-9-5-13(17(18,19)20)12(7-21)16(22-9)30-8-14(26)23-24-15(27)10-3-2-4-11(6-10)25(28)29/h2-6H,8H2,1H3,(H,23,26)(H,24,27). The van der Waals surface area contributed by atoms with Crippen LogP contribution >= 0.6 is 11.8 Å². The highest BCUT2D eigenvalue weighted by Crippen LogP contribution is 2.35. The maximum atomic E-state index is 13.1. The fourth-order valence-electron chi connectivity index (χ4n) is 2.21. The molecule has 0 radical (unpaired) electrons. The van der Waals surface area contributed by atoms with Crippen LogP contribution in [0.15, 0.2) is 35.4 Å². The molecule has 0 aliphatic rings. The minimum atomic E-state index is -4.76. The Bertz CT molecular complexity index is 1050. The maximum Gasteiger partial charge on any atom is 0.417 e. The summed E-state index contributed by atoms with van der Waals surface area (Å²) >= 11 is 0.592. The Labute approximate surface area is 171 Å². The van der Waals surface area contributed by atoms with Crippen LogP contribution in [0, 0.1) is 28.4 Å². The second-order valence-corrected chi connectivity index (χ2v) is 6.66. The third kappa shape index (κ3) is 5.67. The van der Waals surface area contributed by atoms with E-state index in [1.54, 1.807) is 0 Å². The van der Waals surface area contributed by atoms with Crippen molar-refractivity contribution < 1.29 is 27.7 Å². The van der Waals surface area contributed by atoms with E-state index in [2.05, 4.69) is 4.98 Å². The lowest BCUT2D eigenvalue weighted by atomic mass is 10.1. The lowest BCUT2D eigenvalue weighted by Crippen LogP contribution is -2.42. The van der Waals surface area contributed by atoms with Crippen LogP contribution in [0.5, 0.6) is 0 Å². The predicted octanol–water partition coefficient (Wildman–Crippen LogP) is 2.74. The van der Waals surface area contributed by atoms with E-state index in [9.17, 15) is 32.9 Å². The van der Waals surface area contributed by atoms with Crippen molar-refractivity contribution in [3.8, 4) is 6.07 Å². The highest BCUT2D eigenvalue weighted by molar-refractivity contribution is 8.00. The topological polar surface area (TPSA) is 138 Å². The minimum Gasteiger partial charge on any atom is -0.272 e. The maximum absolute atomic E-state index is 13.1. The molecule has 30 heavy (non-hydrogen) atoms. The number of aromatic nitrogens is 1. The summed E-state index contributed by atoms with van der Waals surface area (Å²) < 4.78 is 39.3. The fourth-order valence-corrected chi connectivity index (χ4v) is 3.06. The summed E-state index contributed by atoms with van der Waals surface area (Å²) in [5, 5.41) is 19.5. The lowest BCUT2D eigenvalue weighted by molar-refractivity contribution is -0.384. The SMILES string of the molecule is Cc1cc(C(F)(F)F)c(C#N)c(SCC(=O)NNC(=O)c2cccc([N+](=O)[O-])c2)n1. The smallest absolute Gasteiger partial charge is 0.272 e. The van der Waals surface area contributed by atoms with Crippen LogP contribution < -0.4 is 10.9 Å². The number of thioether (sulfide) groups is 1. The molecule has 1 heterocycles.